The maximum Gasteiger partial charge on any atom is 0.220 e. The van der Waals surface area contributed by atoms with E-state index in [9.17, 15) is 4.79 Å². The lowest BCUT2D eigenvalue weighted by Gasteiger charge is -2.57. The van der Waals surface area contributed by atoms with Gasteiger partial charge in [-0.05, 0) is 88.9 Å². The minimum Gasteiger partial charge on any atom is -0.351 e. The number of hydrogen-bond donors (Lipinski definition) is 1. The molecular formula is C20H33NO. The van der Waals surface area contributed by atoms with Crippen LogP contribution in [-0.4, -0.2) is 11.4 Å². The van der Waals surface area contributed by atoms with Crippen molar-refractivity contribution in [3.63, 3.8) is 0 Å². The quantitative estimate of drug-likeness (QED) is 0.699. The number of rotatable bonds is 6. The van der Waals surface area contributed by atoms with Crippen LogP contribution in [0, 0.1) is 23.7 Å². The molecule has 0 spiro atoms. The van der Waals surface area contributed by atoms with Crippen molar-refractivity contribution in [3.8, 4) is 0 Å². The topological polar surface area (TPSA) is 29.1 Å². The van der Waals surface area contributed by atoms with Crippen molar-refractivity contribution in [1.29, 1.82) is 0 Å². The van der Waals surface area contributed by atoms with E-state index in [1.54, 1.807) is 0 Å². The van der Waals surface area contributed by atoms with Crippen LogP contribution in [0.15, 0.2) is 11.6 Å². The molecule has 124 valence electrons. The molecule has 4 fully saturated rings. The summed E-state index contributed by atoms with van der Waals surface area (Å²) >= 11 is 0. The number of carbonyl (C=O) groups excluding carboxylic acids is 1. The zero-order valence-electron chi connectivity index (χ0n) is 14.7. The molecule has 2 heteroatoms. The van der Waals surface area contributed by atoms with Gasteiger partial charge in [-0.3, -0.25) is 4.79 Å². The van der Waals surface area contributed by atoms with Gasteiger partial charge in [0.15, 0.2) is 0 Å². The van der Waals surface area contributed by atoms with E-state index in [0.717, 1.165) is 30.6 Å². The van der Waals surface area contributed by atoms with E-state index >= 15 is 0 Å². The SMILES string of the molecule is CC(C)=CCCC(C)CC(=O)NC12CC3CC(CC(C3)C1)C2. The lowest BCUT2D eigenvalue weighted by molar-refractivity contribution is -0.127. The van der Waals surface area contributed by atoms with Gasteiger partial charge in [0.2, 0.25) is 5.91 Å². The smallest absolute Gasteiger partial charge is 0.220 e. The molecule has 4 aliphatic rings. The Morgan fingerprint density at radius 3 is 2.18 bits per heavy atom. The van der Waals surface area contributed by atoms with Gasteiger partial charge in [0, 0.05) is 12.0 Å². The van der Waals surface area contributed by atoms with Crippen molar-refractivity contribution in [1.82, 2.24) is 5.32 Å². The molecule has 4 rings (SSSR count). The zero-order valence-corrected chi connectivity index (χ0v) is 14.7. The minimum atomic E-state index is 0.186. The molecule has 1 unspecified atom stereocenters. The third-order valence-electron chi connectivity index (χ3n) is 6.19. The molecular weight excluding hydrogens is 270 g/mol. The van der Waals surface area contributed by atoms with E-state index < -0.39 is 0 Å². The van der Waals surface area contributed by atoms with Crippen molar-refractivity contribution in [2.45, 2.75) is 84.1 Å². The van der Waals surface area contributed by atoms with Crippen LogP contribution in [0.25, 0.3) is 0 Å². The summed E-state index contributed by atoms with van der Waals surface area (Å²) in [4.78, 5) is 12.5. The van der Waals surface area contributed by atoms with Crippen LogP contribution in [0.2, 0.25) is 0 Å². The highest BCUT2D eigenvalue weighted by Crippen LogP contribution is 2.55. The van der Waals surface area contributed by atoms with E-state index in [4.69, 9.17) is 0 Å². The summed E-state index contributed by atoms with van der Waals surface area (Å²) in [5.41, 5.74) is 1.57. The molecule has 1 N–H and O–H groups in total. The van der Waals surface area contributed by atoms with Gasteiger partial charge in [-0.1, -0.05) is 18.6 Å². The number of nitrogens with one attached hydrogen (secondary N) is 1. The lowest BCUT2D eigenvalue weighted by atomic mass is 9.53. The highest BCUT2D eigenvalue weighted by atomic mass is 16.1. The molecule has 0 aliphatic heterocycles. The molecule has 4 aliphatic carbocycles. The largest absolute Gasteiger partial charge is 0.351 e. The third kappa shape index (κ3) is 3.75. The van der Waals surface area contributed by atoms with E-state index in [0.29, 0.717) is 18.2 Å². The predicted octanol–water partition coefficient (Wildman–Crippen LogP) is 4.84. The lowest BCUT2D eigenvalue weighted by Crippen LogP contribution is -2.59. The second kappa shape index (κ2) is 6.37. The van der Waals surface area contributed by atoms with Gasteiger partial charge in [-0.2, -0.15) is 0 Å². The fourth-order valence-electron chi connectivity index (χ4n) is 5.69. The van der Waals surface area contributed by atoms with Crippen LogP contribution in [0.1, 0.15) is 78.6 Å². The van der Waals surface area contributed by atoms with Crippen molar-refractivity contribution in [2.24, 2.45) is 23.7 Å². The third-order valence-corrected chi connectivity index (χ3v) is 6.19. The van der Waals surface area contributed by atoms with Crippen LogP contribution in [-0.2, 0) is 4.79 Å². The van der Waals surface area contributed by atoms with Gasteiger partial charge in [0.05, 0.1) is 0 Å². The molecule has 4 saturated carbocycles. The fourth-order valence-corrected chi connectivity index (χ4v) is 5.69. The highest BCUT2D eigenvalue weighted by Gasteiger charge is 2.51. The summed E-state index contributed by atoms with van der Waals surface area (Å²) in [5, 5.41) is 3.50. The van der Waals surface area contributed by atoms with Gasteiger partial charge in [0.25, 0.3) is 0 Å². The van der Waals surface area contributed by atoms with Gasteiger partial charge < -0.3 is 5.32 Å². The average Bonchev–Trinajstić information content (AvgIpc) is 2.34. The Kier molecular flexibility index (Phi) is 4.66. The first-order chi connectivity index (χ1) is 10.4. The Morgan fingerprint density at radius 2 is 1.68 bits per heavy atom. The molecule has 0 radical (unpaired) electrons. The molecule has 4 bridgehead atoms. The molecule has 0 aromatic heterocycles. The van der Waals surface area contributed by atoms with Crippen molar-refractivity contribution < 1.29 is 4.79 Å². The van der Waals surface area contributed by atoms with Crippen molar-refractivity contribution in [3.05, 3.63) is 11.6 Å². The molecule has 0 heterocycles. The summed E-state index contributed by atoms with van der Waals surface area (Å²) in [6, 6.07) is 0. The molecule has 0 saturated heterocycles. The number of hydrogen-bond acceptors (Lipinski definition) is 1. The standard InChI is InChI=1S/C20H33NO/c1-14(2)5-4-6-15(3)7-19(22)21-20-11-16-8-17(12-20)10-18(9-16)13-20/h5,15-18H,4,6-13H2,1-3H3,(H,21,22). The summed E-state index contributed by atoms with van der Waals surface area (Å²) in [6.07, 6.45) is 13.3. The number of allylic oxidation sites excluding steroid dienone is 2. The van der Waals surface area contributed by atoms with E-state index in [-0.39, 0.29) is 5.54 Å². The maximum absolute atomic E-state index is 12.5. The molecule has 0 aromatic carbocycles. The first-order valence-electron chi connectivity index (χ1n) is 9.38. The van der Waals surface area contributed by atoms with Crippen LogP contribution in [0.5, 0.6) is 0 Å². The second-order valence-electron chi connectivity index (χ2n) is 8.91. The predicted molar refractivity (Wildman–Crippen MR) is 91.5 cm³/mol. The van der Waals surface area contributed by atoms with E-state index in [1.807, 2.05) is 0 Å². The van der Waals surface area contributed by atoms with Gasteiger partial charge in [-0.15, -0.1) is 0 Å². The van der Waals surface area contributed by atoms with Crippen molar-refractivity contribution in [2.75, 3.05) is 0 Å². The zero-order chi connectivity index (χ0) is 15.7. The van der Waals surface area contributed by atoms with Crippen LogP contribution in [0.4, 0.5) is 0 Å². The summed E-state index contributed by atoms with van der Waals surface area (Å²) in [6.45, 7) is 6.51. The normalized spacial score (nSPS) is 37.0. The fraction of sp³-hybridized carbons (Fsp3) is 0.850. The summed E-state index contributed by atoms with van der Waals surface area (Å²) < 4.78 is 0. The Balaban J connectivity index is 1.48. The van der Waals surface area contributed by atoms with Crippen LogP contribution in [0.3, 0.4) is 0 Å². The van der Waals surface area contributed by atoms with E-state index in [1.165, 1.54) is 44.1 Å². The first kappa shape index (κ1) is 16.1. The van der Waals surface area contributed by atoms with Crippen LogP contribution < -0.4 is 5.32 Å². The summed E-state index contributed by atoms with van der Waals surface area (Å²) in [7, 11) is 0. The molecule has 1 atom stereocenters. The molecule has 2 nitrogen and oxygen atoms in total. The van der Waals surface area contributed by atoms with Gasteiger partial charge in [0.1, 0.15) is 0 Å². The van der Waals surface area contributed by atoms with Crippen LogP contribution >= 0.6 is 0 Å². The Labute approximate surface area is 136 Å². The highest BCUT2D eigenvalue weighted by molar-refractivity contribution is 5.77. The van der Waals surface area contributed by atoms with E-state index in [2.05, 4.69) is 32.2 Å². The number of amides is 1. The monoisotopic (exact) mass is 303 g/mol. The Morgan fingerprint density at radius 1 is 1.14 bits per heavy atom. The average molecular weight is 303 g/mol. The van der Waals surface area contributed by atoms with Gasteiger partial charge >= 0.3 is 0 Å². The Hall–Kier alpha value is -0.790. The molecule has 1 amide bonds. The number of carbonyl (C=O) groups is 1. The van der Waals surface area contributed by atoms with Crippen molar-refractivity contribution >= 4 is 5.91 Å². The van der Waals surface area contributed by atoms with Gasteiger partial charge in [-0.25, -0.2) is 0 Å². The Bertz CT molecular complexity index is 411. The molecule has 0 aromatic rings. The second-order valence-corrected chi connectivity index (χ2v) is 8.91. The first-order valence-corrected chi connectivity index (χ1v) is 9.38. The summed E-state index contributed by atoms with van der Waals surface area (Å²) in [5.74, 6) is 3.51. The minimum absolute atomic E-state index is 0.186. The molecule has 22 heavy (non-hydrogen) atoms. The maximum atomic E-state index is 12.5.